The number of methoxy groups -OCH3 is 1. The minimum atomic E-state index is -0.211. The minimum absolute atomic E-state index is 0.211. The van der Waals surface area contributed by atoms with Gasteiger partial charge >= 0.3 is 0 Å². The Bertz CT molecular complexity index is 869. The van der Waals surface area contributed by atoms with Crippen LogP contribution in [-0.4, -0.2) is 23.2 Å². The number of nitrogens with one attached hydrogen (secondary N) is 1. The SMILES string of the molecule is COc1cc(-c2ccccc2)sc1C(=O)Nc1nnc(C2CC2)s1. The summed E-state index contributed by atoms with van der Waals surface area (Å²) in [6, 6.07) is 11.8. The highest BCUT2D eigenvalue weighted by atomic mass is 32.1. The highest BCUT2D eigenvalue weighted by molar-refractivity contribution is 7.18. The van der Waals surface area contributed by atoms with Crippen LogP contribution in [0.1, 0.15) is 33.4 Å². The summed E-state index contributed by atoms with van der Waals surface area (Å²) in [5, 5.41) is 12.6. The van der Waals surface area contributed by atoms with Crippen molar-refractivity contribution < 1.29 is 9.53 Å². The quantitative estimate of drug-likeness (QED) is 0.735. The predicted octanol–water partition coefficient (Wildman–Crippen LogP) is 4.40. The van der Waals surface area contributed by atoms with Crippen molar-refractivity contribution in [3.8, 4) is 16.2 Å². The first kappa shape index (κ1) is 15.3. The van der Waals surface area contributed by atoms with Gasteiger partial charge in [-0.25, -0.2) is 0 Å². The topological polar surface area (TPSA) is 64.1 Å². The number of hydrogen-bond acceptors (Lipinski definition) is 6. The molecule has 1 aliphatic carbocycles. The van der Waals surface area contributed by atoms with Crippen molar-refractivity contribution in [1.29, 1.82) is 0 Å². The molecule has 0 atom stereocenters. The van der Waals surface area contributed by atoms with Gasteiger partial charge in [0.1, 0.15) is 15.6 Å². The first-order valence-corrected chi connectivity index (χ1v) is 9.26. The number of rotatable bonds is 5. The lowest BCUT2D eigenvalue weighted by atomic mass is 10.2. The van der Waals surface area contributed by atoms with Gasteiger partial charge in [0, 0.05) is 10.8 Å². The lowest BCUT2D eigenvalue weighted by Gasteiger charge is -2.01. The zero-order valence-corrected chi connectivity index (χ0v) is 14.6. The first-order chi connectivity index (χ1) is 11.7. The Morgan fingerprint density at radius 3 is 2.71 bits per heavy atom. The van der Waals surface area contributed by atoms with E-state index >= 15 is 0 Å². The maximum absolute atomic E-state index is 12.6. The van der Waals surface area contributed by atoms with Crippen LogP contribution in [0.15, 0.2) is 36.4 Å². The third-order valence-electron chi connectivity index (χ3n) is 3.77. The lowest BCUT2D eigenvalue weighted by molar-refractivity contribution is 0.102. The van der Waals surface area contributed by atoms with E-state index in [1.54, 1.807) is 7.11 Å². The maximum atomic E-state index is 12.6. The van der Waals surface area contributed by atoms with Crippen molar-refractivity contribution in [2.24, 2.45) is 0 Å². The third-order valence-corrected chi connectivity index (χ3v) is 5.94. The van der Waals surface area contributed by atoms with Crippen molar-refractivity contribution >= 4 is 33.7 Å². The van der Waals surface area contributed by atoms with E-state index < -0.39 is 0 Å². The van der Waals surface area contributed by atoms with Crippen LogP contribution in [0.5, 0.6) is 5.75 Å². The van der Waals surface area contributed by atoms with Crippen LogP contribution in [0, 0.1) is 0 Å². The zero-order chi connectivity index (χ0) is 16.5. The fourth-order valence-electron chi connectivity index (χ4n) is 2.36. The first-order valence-electron chi connectivity index (χ1n) is 7.62. The van der Waals surface area contributed by atoms with E-state index in [0.29, 0.717) is 21.7 Å². The largest absolute Gasteiger partial charge is 0.495 e. The number of amides is 1. The smallest absolute Gasteiger partial charge is 0.271 e. The molecule has 0 bridgehead atoms. The molecule has 1 fully saturated rings. The highest BCUT2D eigenvalue weighted by Crippen LogP contribution is 2.42. The second kappa shape index (κ2) is 6.33. The normalized spacial score (nSPS) is 13.7. The van der Waals surface area contributed by atoms with E-state index in [1.807, 2.05) is 36.4 Å². The van der Waals surface area contributed by atoms with E-state index in [2.05, 4.69) is 15.5 Å². The molecule has 0 spiro atoms. The summed E-state index contributed by atoms with van der Waals surface area (Å²) >= 11 is 2.86. The number of ether oxygens (including phenoxy) is 1. The fourth-order valence-corrected chi connectivity index (χ4v) is 4.30. The Hall–Kier alpha value is -2.25. The number of carbonyl (C=O) groups excluding carboxylic acids is 1. The fraction of sp³-hybridized carbons (Fsp3) is 0.235. The molecule has 1 aromatic carbocycles. The number of benzene rings is 1. The molecule has 0 radical (unpaired) electrons. The Labute approximate surface area is 147 Å². The van der Waals surface area contributed by atoms with Gasteiger partial charge in [-0.3, -0.25) is 10.1 Å². The van der Waals surface area contributed by atoms with Gasteiger partial charge in [-0.2, -0.15) is 0 Å². The summed E-state index contributed by atoms with van der Waals surface area (Å²) in [6.07, 6.45) is 2.34. The summed E-state index contributed by atoms with van der Waals surface area (Å²) < 4.78 is 5.38. The van der Waals surface area contributed by atoms with Crippen LogP contribution in [-0.2, 0) is 0 Å². The second-order valence-corrected chi connectivity index (χ2v) is 7.61. The number of nitrogens with zero attached hydrogens (tertiary/aromatic N) is 2. The molecule has 1 N–H and O–H groups in total. The Balaban J connectivity index is 1.57. The minimum Gasteiger partial charge on any atom is -0.495 e. The summed E-state index contributed by atoms with van der Waals surface area (Å²) in [5.41, 5.74) is 1.06. The van der Waals surface area contributed by atoms with Crippen LogP contribution in [0.4, 0.5) is 5.13 Å². The van der Waals surface area contributed by atoms with E-state index in [1.165, 1.54) is 35.5 Å². The molecule has 3 aromatic rings. The van der Waals surface area contributed by atoms with Crippen LogP contribution in [0.25, 0.3) is 10.4 Å². The van der Waals surface area contributed by atoms with E-state index in [4.69, 9.17) is 4.74 Å². The Morgan fingerprint density at radius 1 is 1.21 bits per heavy atom. The number of hydrogen-bond donors (Lipinski definition) is 1. The average molecular weight is 357 g/mol. The zero-order valence-electron chi connectivity index (χ0n) is 13.0. The van der Waals surface area contributed by atoms with Gasteiger partial charge in [0.25, 0.3) is 5.91 Å². The summed E-state index contributed by atoms with van der Waals surface area (Å²) in [7, 11) is 1.57. The van der Waals surface area contributed by atoms with Crippen molar-refractivity contribution in [1.82, 2.24) is 10.2 Å². The molecule has 0 saturated heterocycles. The molecule has 0 unspecified atom stereocenters. The molecule has 4 rings (SSSR count). The summed E-state index contributed by atoms with van der Waals surface area (Å²) in [4.78, 5) is 14.1. The van der Waals surface area contributed by atoms with Gasteiger partial charge in [0.05, 0.1) is 7.11 Å². The van der Waals surface area contributed by atoms with E-state index in [0.717, 1.165) is 15.4 Å². The third kappa shape index (κ3) is 3.05. The van der Waals surface area contributed by atoms with Gasteiger partial charge in [-0.1, -0.05) is 41.7 Å². The Kier molecular flexibility index (Phi) is 4.03. The molecule has 122 valence electrons. The van der Waals surface area contributed by atoms with Crippen molar-refractivity contribution in [3.63, 3.8) is 0 Å². The van der Waals surface area contributed by atoms with Gasteiger partial charge in [0.15, 0.2) is 0 Å². The standard InChI is InChI=1S/C17H15N3O2S2/c1-22-12-9-13(10-5-3-2-4-6-10)23-14(12)15(21)18-17-20-19-16(24-17)11-7-8-11/h2-6,9,11H,7-8H2,1H3,(H,18,20,21). The van der Waals surface area contributed by atoms with Crippen LogP contribution in [0.3, 0.4) is 0 Å². The highest BCUT2D eigenvalue weighted by Gasteiger charge is 2.28. The summed E-state index contributed by atoms with van der Waals surface area (Å²) in [6.45, 7) is 0. The molecule has 2 heterocycles. The molecule has 1 amide bonds. The summed E-state index contributed by atoms with van der Waals surface area (Å²) in [5.74, 6) is 0.898. The van der Waals surface area contributed by atoms with Gasteiger partial charge in [-0.05, 0) is 24.5 Å². The molecule has 2 aromatic heterocycles. The van der Waals surface area contributed by atoms with Crippen molar-refractivity contribution in [2.45, 2.75) is 18.8 Å². The maximum Gasteiger partial charge on any atom is 0.271 e. The molecular weight excluding hydrogens is 342 g/mol. The monoisotopic (exact) mass is 357 g/mol. The molecule has 5 nitrogen and oxygen atoms in total. The molecule has 24 heavy (non-hydrogen) atoms. The number of aromatic nitrogens is 2. The van der Waals surface area contributed by atoms with E-state index in [9.17, 15) is 4.79 Å². The van der Waals surface area contributed by atoms with Gasteiger partial charge in [-0.15, -0.1) is 21.5 Å². The molecular formula is C17H15N3O2S2. The van der Waals surface area contributed by atoms with Gasteiger partial charge in [0.2, 0.25) is 5.13 Å². The molecule has 0 aliphatic heterocycles. The van der Waals surface area contributed by atoms with Crippen molar-refractivity contribution in [2.75, 3.05) is 12.4 Å². The molecule has 1 aliphatic rings. The van der Waals surface area contributed by atoms with Crippen LogP contribution >= 0.6 is 22.7 Å². The average Bonchev–Trinajstić information content (AvgIpc) is 3.20. The number of anilines is 1. The Morgan fingerprint density at radius 2 is 2.00 bits per heavy atom. The second-order valence-electron chi connectivity index (χ2n) is 5.55. The molecule has 7 heteroatoms. The van der Waals surface area contributed by atoms with Crippen molar-refractivity contribution in [3.05, 3.63) is 46.3 Å². The van der Waals surface area contributed by atoms with E-state index in [-0.39, 0.29) is 5.91 Å². The predicted molar refractivity (Wildman–Crippen MR) is 96.1 cm³/mol. The van der Waals surface area contributed by atoms with Crippen LogP contribution < -0.4 is 10.1 Å². The van der Waals surface area contributed by atoms with Gasteiger partial charge < -0.3 is 4.74 Å². The number of thiophene rings is 1. The number of carbonyl (C=O) groups is 1. The van der Waals surface area contributed by atoms with Crippen LogP contribution in [0.2, 0.25) is 0 Å². The lowest BCUT2D eigenvalue weighted by Crippen LogP contribution is -2.10. The molecule has 1 saturated carbocycles.